The molecule has 0 radical (unpaired) electrons. The minimum absolute atomic E-state index is 0.0353. The van der Waals surface area contributed by atoms with Gasteiger partial charge in [0, 0.05) is 16.9 Å². The Labute approximate surface area is 217 Å². The molecule has 180 valence electrons. The van der Waals surface area contributed by atoms with Crippen molar-refractivity contribution >= 4 is 39.9 Å². The van der Waals surface area contributed by atoms with Crippen LogP contribution in [0.4, 0.5) is 0 Å². The maximum Gasteiger partial charge on any atom is 0.235 e. The van der Waals surface area contributed by atoms with Crippen LogP contribution in [0.15, 0.2) is 83.2 Å². The number of nitrogens with zero attached hydrogens (tertiary/aromatic N) is 4. The average Bonchev–Trinajstić information content (AvgIpc) is 3.47. The predicted octanol–water partition coefficient (Wildman–Crippen LogP) is 6.54. The number of hydrogen-bond acceptors (Lipinski definition) is 7. The SMILES string of the molecule is Cc1ccc(-c2nnc3sc(SCCOc4ccc(C(=O)/C=C/c5cccc(C)c5)cc4)nn23)cc1. The van der Waals surface area contributed by atoms with Crippen LogP contribution in [-0.4, -0.2) is 38.0 Å². The summed E-state index contributed by atoms with van der Waals surface area (Å²) in [5.41, 5.74) is 5.00. The lowest BCUT2D eigenvalue weighted by molar-refractivity contribution is 0.104. The third-order valence-electron chi connectivity index (χ3n) is 5.47. The maximum atomic E-state index is 12.5. The second-order valence-electron chi connectivity index (χ2n) is 8.29. The van der Waals surface area contributed by atoms with Crippen LogP contribution in [0.2, 0.25) is 0 Å². The summed E-state index contributed by atoms with van der Waals surface area (Å²) in [5.74, 6) is 2.18. The van der Waals surface area contributed by atoms with Crippen molar-refractivity contribution < 1.29 is 9.53 Å². The van der Waals surface area contributed by atoms with Gasteiger partial charge < -0.3 is 4.74 Å². The highest BCUT2D eigenvalue weighted by Crippen LogP contribution is 2.27. The van der Waals surface area contributed by atoms with E-state index in [4.69, 9.17) is 4.74 Å². The smallest absolute Gasteiger partial charge is 0.235 e. The third kappa shape index (κ3) is 5.72. The Hall–Kier alpha value is -3.75. The van der Waals surface area contributed by atoms with Crippen molar-refractivity contribution in [2.24, 2.45) is 0 Å². The molecule has 8 heteroatoms. The summed E-state index contributed by atoms with van der Waals surface area (Å²) in [6.07, 6.45) is 3.44. The van der Waals surface area contributed by atoms with E-state index in [9.17, 15) is 4.79 Å². The Kier molecular flexibility index (Phi) is 7.25. The molecule has 0 bridgehead atoms. The van der Waals surface area contributed by atoms with Gasteiger partial charge in [-0.25, -0.2) is 0 Å². The van der Waals surface area contributed by atoms with E-state index < -0.39 is 0 Å². The van der Waals surface area contributed by atoms with Crippen LogP contribution in [-0.2, 0) is 0 Å². The number of aryl methyl sites for hydroxylation is 2. The minimum atomic E-state index is -0.0353. The Morgan fingerprint density at radius 2 is 1.81 bits per heavy atom. The molecule has 6 nitrogen and oxygen atoms in total. The number of rotatable bonds is 9. The van der Waals surface area contributed by atoms with Crippen LogP contribution >= 0.6 is 23.1 Å². The number of carbonyl (C=O) groups is 1. The van der Waals surface area contributed by atoms with Crippen molar-refractivity contribution in [3.63, 3.8) is 0 Å². The van der Waals surface area contributed by atoms with Gasteiger partial charge in [0.15, 0.2) is 15.9 Å². The van der Waals surface area contributed by atoms with E-state index >= 15 is 0 Å². The quantitative estimate of drug-likeness (QED) is 0.0967. The van der Waals surface area contributed by atoms with Gasteiger partial charge in [-0.2, -0.15) is 4.52 Å². The summed E-state index contributed by atoms with van der Waals surface area (Å²) in [6, 6.07) is 23.5. The first-order chi connectivity index (χ1) is 17.5. The van der Waals surface area contributed by atoms with Gasteiger partial charge in [0.2, 0.25) is 4.96 Å². The average molecular weight is 513 g/mol. The van der Waals surface area contributed by atoms with E-state index in [1.807, 2.05) is 61.5 Å². The van der Waals surface area contributed by atoms with E-state index in [1.165, 1.54) is 16.9 Å². The highest BCUT2D eigenvalue weighted by atomic mass is 32.2. The van der Waals surface area contributed by atoms with Gasteiger partial charge in [0.1, 0.15) is 5.75 Å². The van der Waals surface area contributed by atoms with E-state index in [-0.39, 0.29) is 5.78 Å². The summed E-state index contributed by atoms with van der Waals surface area (Å²) in [4.78, 5) is 13.2. The molecular weight excluding hydrogens is 488 g/mol. The van der Waals surface area contributed by atoms with Crippen molar-refractivity contribution in [1.29, 1.82) is 0 Å². The summed E-state index contributed by atoms with van der Waals surface area (Å²) in [6.45, 7) is 4.61. The maximum absolute atomic E-state index is 12.5. The standard InChI is InChI=1S/C28H24N4O2S2/c1-19-6-9-23(10-7-19)26-29-30-27-32(26)31-28(36-27)35-17-16-34-24-13-11-22(12-14-24)25(33)15-8-21-5-3-4-20(2)18-21/h3-15,18H,16-17H2,1-2H3/b15-8+. The molecule has 0 unspecified atom stereocenters. The van der Waals surface area contributed by atoms with Gasteiger partial charge >= 0.3 is 0 Å². The molecule has 5 aromatic rings. The fourth-order valence-electron chi connectivity index (χ4n) is 3.59. The van der Waals surface area contributed by atoms with Crippen molar-refractivity contribution in [1.82, 2.24) is 19.8 Å². The zero-order valence-corrected chi connectivity index (χ0v) is 21.6. The fraction of sp³-hybridized carbons (Fsp3) is 0.143. The third-order valence-corrected chi connectivity index (χ3v) is 7.46. The van der Waals surface area contributed by atoms with Crippen molar-refractivity contribution in [2.75, 3.05) is 12.4 Å². The Morgan fingerprint density at radius 1 is 1.00 bits per heavy atom. The number of thioether (sulfide) groups is 1. The molecule has 2 heterocycles. The molecular formula is C28H24N4O2S2. The molecule has 0 aliphatic rings. The van der Waals surface area contributed by atoms with Crippen LogP contribution < -0.4 is 4.74 Å². The molecule has 0 amide bonds. The topological polar surface area (TPSA) is 69.4 Å². The van der Waals surface area contributed by atoms with Gasteiger partial charge in [-0.05, 0) is 49.8 Å². The molecule has 0 N–H and O–H groups in total. The predicted molar refractivity (Wildman–Crippen MR) is 146 cm³/mol. The van der Waals surface area contributed by atoms with Crippen molar-refractivity contribution in [3.8, 4) is 17.1 Å². The zero-order chi connectivity index (χ0) is 24.9. The van der Waals surface area contributed by atoms with E-state index in [1.54, 1.807) is 34.5 Å². The number of fused-ring (bicyclic) bond motifs is 1. The highest BCUT2D eigenvalue weighted by molar-refractivity contribution is 8.01. The van der Waals surface area contributed by atoms with Gasteiger partial charge in [0.25, 0.3) is 0 Å². The first-order valence-corrected chi connectivity index (χ1v) is 13.3. The molecule has 2 aromatic heterocycles. The summed E-state index contributed by atoms with van der Waals surface area (Å²) in [7, 11) is 0. The van der Waals surface area contributed by atoms with Gasteiger partial charge in [-0.1, -0.05) is 88.8 Å². The molecule has 0 fully saturated rings. The Balaban J connectivity index is 1.12. The largest absolute Gasteiger partial charge is 0.493 e. The summed E-state index contributed by atoms with van der Waals surface area (Å²) >= 11 is 3.13. The molecule has 0 saturated heterocycles. The normalized spacial score (nSPS) is 11.4. The molecule has 0 spiro atoms. The Bertz CT molecular complexity index is 1520. The number of ketones is 1. The molecule has 0 aliphatic carbocycles. The lowest BCUT2D eigenvalue weighted by atomic mass is 10.1. The first kappa shape index (κ1) is 24.0. The van der Waals surface area contributed by atoms with Crippen LogP contribution in [0, 0.1) is 13.8 Å². The van der Waals surface area contributed by atoms with Crippen molar-refractivity contribution in [2.45, 2.75) is 18.2 Å². The first-order valence-electron chi connectivity index (χ1n) is 11.5. The van der Waals surface area contributed by atoms with Crippen LogP contribution in [0.1, 0.15) is 27.0 Å². The summed E-state index contributed by atoms with van der Waals surface area (Å²) < 4.78 is 8.56. The van der Waals surface area contributed by atoms with Gasteiger partial charge in [-0.3, -0.25) is 4.79 Å². The number of ether oxygens (including phenoxy) is 1. The molecule has 36 heavy (non-hydrogen) atoms. The van der Waals surface area contributed by atoms with E-state index in [2.05, 4.69) is 34.4 Å². The lowest BCUT2D eigenvalue weighted by Gasteiger charge is -2.05. The van der Waals surface area contributed by atoms with E-state index in [0.29, 0.717) is 12.2 Å². The second kappa shape index (κ2) is 10.9. The number of hydrogen-bond donors (Lipinski definition) is 0. The lowest BCUT2D eigenvalue weighted by Crippen LogP contribution is -2.01. The Morgan fingerprint density at radius 3 is 2.58 bits per heavy atom. The highest BCUT2D eigenvalue weighted by Gasteiger charge is 2.13. The fourth-order valence-corrected chi connectivity index (χ4v) is 5.35. The monoisotopic (exact) mass is 512 g/mol. The van der Waals surface area contributed by atoms with Crippen LogP contribution in [0.25, 0.3) is 22.4 Å². The molecule has 0 aliphatic heterocycles. The van der Waals surface area contributed by atoms with Gasteiger partial charge in [0.05, 0.1) is 6.61 Å². The summed E-state index contributed by atoms with van der Waals surface area (Å²) in [5, 5.41) is 13.2. The number of carbonyl (C=O) groups excluding carboxylic acids is 1. The molecule has 5 rings (SSSR count). The number of aromatic nitrogens is 4. The van der Waals surface area contributed by atoms with E-state index in [0.717, 1.165) is 43.3 Å². The number of allylic oxidation sites excluding steroid dienone is 1. The van der Waals surface area contributed by atoms with Crippen molar-refractivity contribution in [3.05, 3.63) is 101 Å². The second-order valence-corrected chi connectivity index (χ2v) is 10.6. The molecule has 3 aromatic carbocycles. The van der Waals surface area contributed by atoms with Crippen LogP contribution in [0.3, 0.4) is 0 Å². The molecule has 0 saturated carbocycles. The minimum Gasteiger partial charge on any atom is -0.493 e. The molecule has 0 atom stereocenters. The number of benzene rings is 3. The zero-order valence-electron chi connectivity index (χ0n) is 19.9. The van der Waals surface area contributed by atoms with Gasteiger partial charge in [-0.15, -0.1) is 15.3 Å². The van der Waals surface area contributed by atoms with Crippen LogP contribution in [0.5, 0.6) is 5.75 Å².